The highest BCUT2D eigenvalue weighted by atomic mass is 32.2. The maximum absolute atomic E-state index is 12.8. The van der Waals surface area contributed by atoms with Crippen molar-refractivity contribution in [2.45, 2.75) is 31.8 Å². The maximum Gasteiger partial charge on any atom is 0.337 e. The standard InChI is InChI=1S/C20H21NO5S/c1-4-6-14-9-10-18-17(11-14)13(2)20(26-18)27(23,24)21-16-8-5-7-15(12-16)19(22)25-3/h5,7-12,21H,4,6H2,1-3H3. The van der Waals surface area contributed by atoms with E-state index in [1.165, 1.54) is 13.2 Å². The predicted octanol–water partition coefficient (Wildman–Crippen LogP) is 4.28. The maximum atomic E-state index is 12.8. The zero-order valence-corrected chi connectivity index (χ0v) is 16.2. The van der Waals surface area contributed by atoms with Gasteiger partial charge in [0.05, 0.1) is 12.7 Å². The summed E-state index contributed by atoms with van der Waals surface area (Å²) in [4.78, 5) is 11.6. The number of fused-ring (bicyclic) bond motifs is 1. The number of furan rings is 1. The summed E-state index contributed by atoms with van der Waals surface area (Å²) in [5, 5.41) is 0.652. The van der Waals surface area contributed by atoms with Gasteiger partial charge in [0.2, 0.25) is 5.09 Å². The van der Waals surface area contributed by atoms with Crippen LogP contribution in [0.4, 0.5) is 5.69 Å². The minimum atomic E-state index is -3.95. The van der Waals surface area contributed by atoms with E-state index in [-0.39, 0.29) is 16.3 Å². The van der Waals surface area contributed by atoms with Crippen LogP contribution >= 0.6 is 0 Å². The smallest absolute Gasteiger partial charge is 0.337 e. The number of hydrogen-bond acceptors (Lipinski definition) is 5. The third kappa shape index (κ3) is 3.83. The van der Waals surface area contributed by atoms with Crippen LogP contribution in [-0.4, -0.2) is 21.5 Å². The number of rotatable bonds is 6. The monoisotopic (exact) mass is 387 g/mol. The highest BCUT2D eigenvalue weighted by molar-refractivity contribution is 7.92. The molecule has 142 valence electrons. The molecule has 0 bridgehead atoms. The number of carbonyl (C=O) groups is 1. The van der Waals surface area contributed by atoms with E-state index in [0.717, 1.165) is 23.8 Å². The first-order valence-corrected chi connectivity index (χ1v) is 10.1. The van der Waals surface area contributed by atoms with E-state index >= 15 is 0 Å². The molecule has 3 aromatic rings. The summed E-state index contributed by atoms with van der Waals surface area (Å²) >= 11 is 0. The van der Waals surface area contributed by atoms with Gasteiger partial charge < -0.3 is 9.15 Å². The quantitative estimate of drug-likeness (QED) is 0.638. The molecule has 1 heterocycles. The van der Waals surface area contributed by atoms with Gasteiger partial charge in [0, 0.05) is 16.6 Å². The van der Waals surface area contributed by atoms with E-state index < -0.39 is 16.0 Å². The minimum Gasteiger partial charge on any atom is -0.465 e. The van der Waals surface area contributed by atoms with Crippen LogP contribution in [0, 0.1) is 6.92 Å². The van der Waals surface area contributed by atoms with Crippen molar-refractivity contribution in [3.8, 4) is 0 Å². The second kappa shape index (κ2) is 7.44. The molecule has 2 aromatic carbocycles. The third-order valence-corrected chi connectivity index (χ3v) is 5.66. The number of nitrogens with one attached hydrogen (secondary N) is 1. The second-order valence-electron chi connectivity index (χ2n) is 6.27. The molecule has 0 aliphatic carbocycles. The lowest BCUT2D eigenvalue weighted by Crippen LogP contribution is -2.13. The number of ether oxygens (including phenoxy) is 1. The second-order valence-corrected chi connectivity index (χ2v) is 7.85. The molecule has 0 unspecified atom stereocenters. The normalized spacial score (nSPS) is 11.5. The van der Waals surface area contributed by atoms with Crippen LogP contribution in [-0.2, 0) is 21.2 Å². The Labute approximate surface area is 158 Å². The number of hydrogen-bond donors (Lipinski definition) is 1. The van der Waals surface area contributed by atoms with Gasteiger partial charge in [-0.3, -0.25) is 4.72 Å². The molecule has 0 spiro atoms. The zero-order chi connectivity index (χ0) is 19.6. The van der Waals surface area contributed by atoms with Crippen molar-refractivity contribution >= 4 is 32.6 Å². The molecule has 1 aromatic heterocycles. The minimum absolute atomic E-state index is 0.130. The fraction of sp³-hybridized carbons (Fsp3) is 0.250. The molecule has 0 aliphatic rings. The van der Waals surface area contributed by atoms with Crippen molar-refractivity contribution in [3.05, 3.63) is 59.2 Å². The van der Waals surface area contributed by atoms with Gasteiger partial charge >= 0.3 is 5.97 Å². The number of aryl methyl sites for hydroxylation is 2. The average Bonchev–Trinajstić information content (AvgIpc) is 2.98. The molecule has 27 heavy (non-hydrogen) atoms. The Balaban J connectivity index is 1.98. The van der Waals surface area contributed by atoms with E-state index in [4.69, 9.17) is 4.42 Å². The van der Waals surface area contributed by atoms with Crippen LogP contribution in [0.1, 0.15) is 34.8 Å². The van der Waals surface area contributed by atoms with Crippen molar-refractivity contribution in [1.29, 1.82) is 0 Å². The Hall–Kier alpha value is -2.80. The summed E-state index contributed by atoms with van der Waals surface area (Å²) in [6.07, 6.45) is 1.92. The van der Waals surface area contributed by atoms with Crippen LogP contribution in [0.25, 0.3) is 11.0 Å². The largest absolute Gasteiger partial charge is 0.465 e. The zero-order valence-electron chi connectivity index (χ0n) is 15.4. The number of methoxy groups -OCH3 is 1. The Morgan fingerprint density at radius 1 is 1.19 bits per heavy atom. The van der Waals surface area contributed by atoms with Gasteiger partial charge in [-0.05, 0) is 49.2 Å². The third-order valence-electron chi connectivity index (χ3n) is 4.28. The molecule has 0 atom stereocenters. The van der Waals surface area contributed by atoms with Crippen molar-refractivity contribution in [3.63, 3.8) is 0 Å². The van der Waals surface area contributed by atoms with Gasteiger partial charge in [0.15, 0.2) is 0 Å². The topological polar surface area (TPSA) is 85.6 Å². The Morgan fingerprint density at radius 2 is 1.96 bits per heavy atom. The lowest BCUT2D eigenvalue weighted by atomic mass is 10.1. The van der Waals surface area contributed by atoms with Crippen molar-refractivity contribution < 1.29 is 22.4 Å². The highest BCUT2D eigenvalue weighted by Crippen LogP contribution is 2.31. The SMILES string of the molecule is CCCc1ccc2oc(S(=O)(=O)Nc3cccc(C(=O)OC)c3)c(C)c2c1. The summed E-state index contributed by atoms with van der Waals surface area (Å²) in [5.74, 6) is -0.542. The molecule has 7 heteroatoms. The molecule has 0 saturated carbocycles. The Bertz CT molecular complexity index is 1100. The van der Waals surface area contributed by atoms with Crippen molar-refractivity contribution in [2.75, 3.05) is 11.8 Å². The first-order chi connectivity index (χ1) is 12.9. The van der Waals surface area contributed by atoms with Crippen LogP contribution < -0.4 is 4.72 Å². The number of esters is 1. The number of carbonyl (C=O) groups excluding carboxylic acids is 1. The lowest BCUT2D eigenvalue weighted by molar-refractivity contribution is 0.0601. The molecule has 1 N–H and O–H groups in total. The van der Waals surface area contributed by atoms with E-state index in [9.17, 15) is 13.2 Å². The molecule has 3 rings (SSSR count). The number of anilines is 1. The van der Waals surface area contributed by atoms with E-state index in [0.29, 0.717) is 11.1 Å². The van der Waals surface area contributed by atoms with E-state index in [1.54, 1.807) is 31.2 Å². The van der Waals surface area contributed by atoms with Crippen LogP contribution in [0.5, 0.6) is 0 Å². The van der Waals surface area contributed by atoms with E-state index in [2.05, 4.69) is 16.4 Å². The summed E-state index contributed by atoms with van der Waals surface area (Å²) in [6, 6.07) is 11.8. The van der Waals surface area contributed by atoms with Crippen LogP contribution in [0.15, 0.2) is 52.0 Å². The Morgan fingerprint density at radius 3 is 2.67 bits per heavy atom. The molecule has 0 saturated heterocycles. The van der Waals surface area contributed by atoms with Gasteiger partial charge in [-0.1, -0.05) is 25.5 Å². The fourth-order valence-electron chi connectivity index (χ4n) is 2.98. The molecular formula is C20H21NO5S. The van der Waals surface area contributed by atoms with Crippen LogP contribution in [0.3, 0.4) is 0 Å². The first kappa shape index (κ1) is 19.0. The summed E-state index contributed by atoms with van der Waals surface area (Å²) < 4.78 is 38.4. The van der Waals surface area contributed by atoms with Gasteiger partial charge in [-0.25, -0.2) is 4.79 Å². The van der Waals surface area contributed by atoms with E-state index in [1.807, 2.05) is 12.1 Å². The van der Waals surface area contributed by atoms with Crippen LogP contribution in [0.2, 0.25) is 0 Å². The van der Waals surface area contributed by atoms with Crippen molar-refractivity contribution in [1.82, 2.24) is 0 Å². The average molecular weight is 387 g/mol. The summed E-state index contributed by atoms with van der Waals surface area (Å²) in [6.45, 7) is 3.82. The summed E-state index contributed by atoms with van der Waals surface area (Å²) in [5.41, 5.74) is 2.72. The van der Waals surface area contributed by atoms with Gasteiger partial charge in [-0.2, -0.15) is 8.42 Å². The predicted molar refractivity (Wildman–Crippen MR) is 104 cm³/mol. The first-order valence-electron chi connectivity index (χ1n) is 8.59. The van der Waals surface area contributed by atoms with Crippen molar-refractivity contribution in [2.24, 2.45) is 0 Å². The molecule has 6 nitrogen and oxygen atoms in total. The molecule has 0 fully saturated rings. The Kier molecular flexibility index (Phi) is 5.23. The molecule has 0 aliphatic heterocycles. The summed E-state index contributed by atoms with van der Waals surface area (Å²) in [7, 11) is -2.68. The van der Waals surface area contributed by atoms with Gasteiger partial charge in [-0.15, -0.1) is 0 Å². The molecule has 0 radical (unpaired) electrons. The van der Waals surface area contributed by atoms with Gasteiger partial charge in [0.1, 0.15) is 5.58 Å². The number of sulfonamides is 1. The molecular weight excluding hydrogens is 366 g/mol. The lowest BCUT2D eigenvalue weighted by Gasteiger charge is -2.08. The van der Waals surface area contributed by atoms with Gasteiger partial charge in [0.25, 0.3) is 10.0 Å². The highest BCUT2D eigenvalue weighted by Gasteiger charge is 2.24. The molecule has 0 amide bonds. The number of benzene rings is 2. The fourth-order valence-corrected chi connectivity index (χ4v) is 4.22.